The molecule has 0 radical (unpaired) electrons. The van der Waals surface area contributed by atoms with Crippen LogP contribution in [0.3, 0.4) is 0 Å². The quantitative estimate of drug-likeness (QED) is 0.838. The first-order valence-electron chi connectivity index (χ1n) is 5.39. The van der Waals surface area contributed by atoms with Gasteiger partial charge in [0.05, 0.1) is 19.3 Å². The van der Waals surface area contributed by atoms with Crippen LogP contribution in [0.4, 0.5) is 0 Å². The van der Waals surface area contributed by atoms with Crippen LogP contribution in [0.25, 0.3) is 0 Å². The van der Waals surface area contributed by atoms with Crippen molar-refractivity contribution in [2.45, 2.75) is 19.6 Å². The Morgan fingerprint density at radius 1 is 1.35 bits per heavy atom. The zero-order valence-electron chi connectivity index (χ0n) is 9.86. The van der Waals surface area contributed by atoms with Gasteiger partial charge in [0.1, 0.15) is 0 Å². The minimum absolute atomic E-state index is 0.0670. The summed E-state index contributed by atoms with van der Waals surface area (Å²) in [6.45, 7) is 3.36. The summed E-state index contributed by atoms with van der Waals surface area (Å²) < 4.78 is 22.2. The molecule has 1 aliphatic rings. The van der Waals surface area contributed by atoms with E-state index in [4.69, 9.17) is 18.9 Å². The van der Waals surface area contributed by atoms with Gasteiger partial charge in [0, 0.05) is 11.6 Å². The number of fused-ring (bicyclic) bond motifs is 1. The van der Waals surface area contributed by atoms with E-state index >= 15 is 0 Å². The Morgan fingerprint density at radius 2 is 2.06 bits per heavy atom. The summed E-state index contributed by atoms with van der Waals surface area (Å²) in [6.07, 6.45) is 0.0670. The first kappa shape index (κ1) is 12.7. The molecule has 2 rings (SSSR count). The van der Waals surface area contributed by atoms with Gasteiger partial charge in [-0.05, 0) is 24.6 Å². The fourth-order valence-corrected chi connectivity index (χ4v) is 2.02. The van der Waals surface area contributed by atoms with Crippen molar-refractivity contribution < 1.29 is 18.9 Å². The minimum Gasteiger partial charge on any atom is -0.454 e. The third-order valence-electron chi connectivity index (χ3n) is 2.47. The molecule has 0 N–H and O–H groups in total. The van der Waals surface area contributed by atoms with Crippen LogP contribution in [-0.4, -0.2) is 26.6 Å². The van der Waals surface area contributed by atoms with Crippen molar-refractivity contribution in [3.63, 3.8) is 0 Å². The van der Waals surface area contributed by atoms with Crippen LogP contribution in [-0.2, 0) is 16.1 Å². The molecular formula is C12H15BrO4. The summed E-state index contributed by atoms with van der Waals surface area (Å²) in [5.41, 5.74) is 1.04. The third-order valence-corrected chi connectivity index (χ3v) is 3.20. The molecular weight excluding hydrogens is 288 g/mol. The Bertz CT molecular complexity index is 394. The highest BCUT2D eigenvalue weighted by molar-refractivity contribution is 9.10. The van der Waals surface area contributed by atoms with E-state index in [2.05, 4.69) is 15.9 Å². The predicted molar refractivity (Wildman–Crippen MR) is 66.4 cm³/mol. The maximum atomic E-state index is 5.66. The molecule has 1 aromatic rings. The van der Waals surface area contributed by atoms with Crippen LogP contribution in [0.5, 0.6) is 11.5 Å². The molecule has 94 valence electrons. The van der Waals surface area contributed by atoms with Crippen molar-refractivity contribution in [3.8, 4) is 11.5 Å². The molecule has 0 unspecified atom stereocenters. The van der Waals surface area contributed by atoms with Crippen LogP contribution < -0.4 is 9.47 Å². The van der Waals surface area contributed by atoms with Crippen molar-refractivity contribution >= 4 is 15.9 Å². The molecule has 1 heterocycles. The van der Waals surface area contributed by atoms with Gasteiger partial charge in [-0.25, -0.2) is 0 Å². The van der Waals surface area contributed by atoms with Gasteiger partial charge in [-0.3, -0.25) is 0 Å². The molecule has 1 aliphatic heterocycles. The zero-order chi connectivity index (χ0) is 12.3. The van der Waals surface area contributed by atoms with Crippen LogP contribution >= 0.6 is 15.9 Å². The maximum absolute atomic E-state index is 5.66. The molecule has 0 saturated heterocycles. The highest BCUT2D eigenvalue weighted by atomic mass is 79.9. The summed E-state index contributed by atoms with van der Waals surface area (Å²) in [4.78, 5) is 0. The molecule has 17 heavy (non-hydrogen) atoms. The largest absolute Gasteiger partial charge is 0.454 e. The van der Waals surface area contributed by atoms with Gasteiger partial charge in [0.2, 0.25) is 6.79 Å². The average molecular weight is 303 g/mol. The lowest BCUT2D eigenvalue weighted by molar-refractivity contribution is -0.000371. The number of ether oxygens (including phenoxy) is 4. The van der Waals surface area contributed by atoms with E-state index in [-0.39, 0.29) is 12.9 Å². The Balaban J connectivity index is 2.01. The summed E-state index contributed by atoms with van der Waals surface area (Å²) >= 11 is 3.49. The molecule has 1 atom stereocenters. The second kappa shape index (κ2) is 5.71. The summed E-state index contributed by atoms with van der Waals surface area (Å²) in [7, 11) is 1.66. The van der Waals surface area contributed by atoms with Crippen LogP contribution in [0.2, 0.25) is 0 Å². The highest BCUT2D eigenvalue weighted by Crippen LogP contribution is 2.37. The zero-order valence-corrected chi connectivity index (χ0v) is 11.5. The number of methoxy groups -OCH3 is 1. The number of halogens is 1. The van der Waals surface area contributed by atoms with Crippen molar-refractivity contribution in [2.75, 3.05) is 20.5 Å². The van der Waals surface area contributed by atoms with E-state index in [0.717, 1.165) is 21.5 Å². The number of rotatable bonds is 5. The van der Waals surface area contributed by atoms with Gasteiger partial charge in [0.15, 0.2) is 11.5 Å². The van der Waals surface area contributed by atoms with Gasteiger partial charge < -0.3 is 18.9 Å². The predicted octanol–water partition coefficient (Wildman–Crippen LogP) is 2.73. The average Bonchev–Trinajstić information content (AvgIpc) is 2.73. The summed E-state index contributed by atoms with van der Waals surface area (Å²) in [5.74, 6) is 1.54. The second-order valence-corrected chi connectivity index (χ2v) is 4.73. The Labute approximate surface area is 109 Å². The molecule has 0 aliphatic carbocycles. The molecule has 0 spiro atoms. The standard InChI is InChI=1S/C12H15BrO4/c1-8(5-14-2)15-6-9-3-11-12(4-10(9)13)17-7-16-11/h3-4,8H,5-7H2,1-2H3/t8-/m0/s1. The first-order valence-corrected chi connectivity index (χ1v) is 6.18. The van der Waals surface area contributed by atoms with Gasteiger partial charge in [0.25, 0.3) is 0 Å². The van der Waals surface area contributed by atoms with Crippen molar-refractivity contribution in [2.24, 2.45) is 0 Å². The molecule has 0 saturated carbocycles. The molecule has 0 bridgehead atoms. The molecule has 0 amide bonds. The Kier molecular flexibility index (Phi) is 4.25. The van der Waals surface area contributed by atoms with Crippen molar-refractivity contribution in [1.82, 2.24) is 0 Å². The molecule has 0 fully saturated rings. The SMILES string of the molecule is COC[C@H](C)OCc1cc2c(cc1Br)OCO2. The van der Waals surface area contributed by atoms with E-state index < -0.39 is 0 Å². The van der Waals surface area contributed by atoms with E-state index in [1.807, 2.05) is 19.1 Å². The number of hydrogen-bond acceptors (Lipinski definition) is 4. The smallest absolute Gasteiger partial charge is 0.231 e. The number of benzene rings is 1. The van der Waals surface area contributed by atoms with Crippen LogP contribution in [0.1, 0.15) is 12.5 Å². The lowest BCUT2D eigenvalue weighted by Gasteiger charge is -2.13. The molecule has 0 aromatic heterocycles. The summed E-state index contributed by atoms with van der Waals surface area (Å²) in [5, 5.41) is 0. The summed E-state index contributed by atoms with van der Waals surface area (Å²) in [6, 6.07) is 3.84. The van der Waals surface area contributed by atoms with E-state index in [1.54, 1.807) is 7.11 Å². The highest BCUT2D eigenvalue weighted by Gasteiger charge is 2.16. The van der Waals surface area contributed by atoms with E-state index in [1.165, 1.54) is 0 Å². The second-order valence-electron chi connectivity index (χ2n) is 3.87. The van der Waals surface area contributed by atoms with Gasteiger partial charge in [-0.15, -0.1) is 0 Å². The van der Waals surface area contributed by atoms with Crippen LogP contribution in [0.15, 0.2) is 16.6 Å². The van der Waals surface area contributed by atoms with E-state index in [0.29, 0.717) is 13.2 Å². The van der Waals surface area contributed by atoms with Gasteiger partial charge >= 0.3 is 0 Å². The van der Waals surface area contributed by atoms with Gasteiger partial charge in [-0.2, -0.15) is 0 Å². The van der Waals surface area contributed by atoms with Gasteiger partial charge in [-0.1, -0.05) is 15.9 Å². The first-order chi connectivity index (χ1) is 8.20. The lowest BCUT2D eigenvalue weighted by Crippen LogP contribution is -2.14. The minimum atomic E-state index is 0.0670. The molecule has 1 aromatic carbocycles. The van der Waals surface area contributed by atoms with Crippen LogP contribution in [0, 0.1) is 0 Å². The molecule has 5 heteroatoms. The fourth-order valence-electron chi connectivity index (χ4n) is 1.58. The van der Waals surface area contributed by atoms with E-state index in [9.17, 15) is 0 Å². The Morgan fingerprint density at radius 3 is 2.76 bits per heavy atom. The van der Waals surface area contributed by atoms with Crippen molar-refractivity contribution in [1.29, 1.82) is 0 Å². The number of hydrogen-bond donors (Lipinski definition) is 0. The Hall–Kier alpha value is -0.780. The third kappa shape index (κ3) is 3.12. The van der Waals surface area contributed by atoms with Crippen molar-refractivity contribution in [3.05, 3.63) is 22.2 Å². The molecule has 4 nitrogen and oxygen atoms in total. The monoisotopic (exact) mass is 302 g/mol. The fraction of sp³-hybridized carbons (Fsp3) is 0.500. The topological polar surface area (TPSA) is 36.9 Å². The normalized spacial score (nSPS) is 15.0. The lowest BCUT2D eigenvalue weighted by atomic mass is 10.2. The maximum Gasteiger partial charge on any atom is 0.231 e.